The molecule has 1 rings (SSSR count). The Bertz CT molecular complexity index is 295. The van der Waals surface area contributed by atoms with Crippen LogP contribution in [0, 0.1) is 0 Å². The summed E-state index contributed by atoms with van der Waals surface area (Å²) in [6, 6.07) is 10.7. The Hall–Kier alpha value is -0.603. The zero-order valence-corrected chi connectivity index (χ0v) is 11.7. The second kappa shape index (κ2) is 6.21. The van der Waals surface area contributed by atoms with E-state index >= 15 is 0 Å². The van der Waals surface area contributed by atoms with Crippen molar-refractivity contribution in [3.8, 4) is 0 Å². The molecule has 90 valence electrons. The first-order chi connectivity index (χ1) is 7.62. The Balaban J connectivity index is 2.81. The molecule has 0 aliphatic rings. The van der Waals surface area contributed by atoms with Gasteiger partial charge in [-0.1, -0.05) is 74.8 Å². The summed E-state index contributed by atoms with van der Waals surface area (Å²) in [4.78, 5) is 0. The molecule has 0 bridgehead atoms. The molecule has 0 amide bonds. The standard InChI is InChI=1S/C14H24OSi/c1-4-5-9-14(12-15)16(2,3)13-10-7-6-8-11-13/h6-8,10-11,14-15H,4-5,9,12H2,1-3H3/t14-/m0/s1. The fourth-order valence-electron chi connectivity index (χ4n) is 2.23. The quantitative estimate of drug-likeness (QED) is 0.752. The van der Waals surface area contributed by atoms with Crippen molar-refractivity contribution in [1.29, 1.82) is 0 Å². The van der Waals surface area contributed by atoms with Crippen molar-refractivity contribution in [3.05, 3.63) is 30.3 Å². The van der Waals surface area contributed by atoms with Crippen LogP contribution in [-0.4, -0.2) is 19.8 Å². The zero-order chi connectivity index (χ0) is 12.0. The van der Waals surface area contributed by atoms with Crippen molar-refractivity contribution >= 4 is 13.3 Å². The molecule has 1 atom stereocenters. The highest BCUT2D eigenvalue weighted by Crippen LogP contribution is 2.26. The van der Waals surface area contributed by atoms with Gasteiger partial charge in [-0.25, -0.2) is 0 Å². The van der Waals surface area contributed by atoms with Crippen LogP contribution in [0.2, 0.25) is 18.6 Å². The van der Waals surface area contributed by atoms with E-state index in [0.717, 1.165) is 0 Å². The van der Waals surface area contributed by atoms with Gasteiger partial charge in [0.2, 0.25) is 0 Å². The van der Waals surface area contributed by atoms with Gasteiger partial charge in [-0.15, -0.1) is 0 Å². The molecule has 0 spiro atoms. The predicted molar refractivity (Wildman–Crippen MR) is 73.9 cm³/mol. The van der Waals surface area contributed by atoms with E-state index in [0.29, 0.717) is 12.1 Å². The van der Waals surface area contributed by atoms with E-state index in [9.17, 15) is 5.11 Å². The summed E-state index contributed by atoms with van der Waals surface area (Å²) in [6.45, 7) is 7.30. The van der Waals surface area contributed by atoms with Gasteiger partial charge in [0.15, 0.2) is 0 Å². The Labute approximate surface area is 101 Å². The number of benzene rings is 1. The molecular weight excluding hydrogens is 212 g/mol. The molecule has 0 unspecified atom stereocenters. The van der Waals surface area contributed by atoms with Crippen LogP contribution in [0.3, 0.4) is 0 Å². The third-order valence-electron chi connectivity index (χ3n) is 3.66. The Kier molecular flexibility index (Phi) is 5.23. The normalized spacial score (nSPS) is 13.8. The second-order valence-electron chi connectivity index (χ2n) is 5.11. The van der Waals surface area contributed by atoms with Crippen LogP contribution in [0.4, 0.5) is 0 Å². The topological polar surface area (TPSA) is 20.2 Å². The van der Waals surface area contributed by atoms with Crippen molar-refractivity contribution in [2.75, 3.05) is 6.61 Å². The Morgan fingerprint density at radius 2 is 1.81 bits per heavy atom. The number of hydrogen-bond acceptors (Lipinski definition) is 1. The minimum Gasteiger partial charge on any atom is -0.396 e. The van der Waals surface area contributed by atoms with Crippen LogP contribution in [0.1, 0.15) is 26.2 Å². The van der Waals surface area contributed by atoms with E-state index in [1.165, 1.54) is 24.4 Å². The molecule has 1 N–H and O–H groups in total. The summed E-state index contributed by atoms with van der Waals surface area (Å²) in [6.07, 6.45) is 3.62. The highest BCUT2D eigenvalue weighted by Gasteiger charge is 2.32. The van der Waals surface area contributed by atoms with Gasteiger partial charge in [0.1, 0.15) is 0 Å². The van der Waals surface area contributed by atoms with E-state index in [1.54, 1.807) is 0 Å². The third kappa shape index (κ3) is 3.19. The lowest BCUT2D eigenvalue weighted by Gasteiger charge is -2.31. The lowest BCUT2D eigenvalue weighted by molar-refractivity contribution is 0.280. The van der Waals surface area contributed by atoms with E-state index in [-0.39, 0.29) is 0 Å². The molecule has 0 heterocycles. The predicted octanol–water partition coefficient (Wildman–Crippen LogP) is 3.15. The van der Waals surface area contributed by atoms with Gasteiger partial charge in [-0.3, -0.25) is 0 Å². The van der Waals surface area contributed by atoms with E-state index < -0.39 is 8.07 Å². The fourth-order valence-corrected chi connectivity index (χ4v) is 5.14. The van der Waals surface area contributed by atoms with Crippen LogP contribution in [0.15, 0.2) is 30.3 Å². The van der Waals surface area contributed by atoms with Gasteiger partial charge >= 0.3 is 0 Å². The van der Waals surface area contributed by atoms with Crippen LogP contribution >= 0.6 is 0 Å². The number of hydrogen-bond donors (Lipinski definition) is 1. The largest absolute Gasteiger partial charge is 0.396 e. The van der Waals surface area contributed by atoms with Crippen LogP contribution < -0.4 is 5.19 Å². The summed E-state index contributed by atoms with van der Waals surface area (Å²) >= 11 is 0. The molecule has 0 aliphatic carbocycles. The summed E-state index contributed by atoms with van der Waals surface area (Å²) < 4.78 is 0. The van der Waals surface area contributed by atoms with Crippen LogP contribution in [-0.2, 0) is 0 Å². The second-order valence-corrected chi connectivity index (χ2v) is 9.95. The number of unbranched alkanes of at least 4 members (excludes halogenated alkanes) is 1. The average molecular weight is 236 g/mol. The summed E-state index contributed by atoms with van der Waals surface area (Å²) in [5.41, 5.74) is 0.495. The summed E-state index contributed by atoms with van der Waals surface area (Å²) in [5.74, 6) is 0. The maximum Gasteiger partial charge on any atom is 0.0859 e. The van der Waals surface area contributed by atoms with Crippen molar-refractivity contribution in [3.63, 3.8) is 0 Å². The van der Waals surface area contributed by atoms with Gasteiger partial charge < -0.3 is 5.11 Å². The van der Waals surface area contributed by atoms with Crippen LogP contribution in [0.5, 0.6) is 0 Å². The minimum atomic E-state index is -1.50. The zero-order valence-electron chi connectivity index (χ0n) is 10.7. The van der Waals surface area contributed by atoms with Crippen molar-refractivity contribution in [2.45, 2.75) is 44.8 Å². The Morgan fingerprint density at radius 1 is 1.19 bits per heavy atom. The smallest absolute Gasteiger partial charge is 0.0859 e. The molecule has 1 aromatic carbocycles. The summed E-state index contributed by atoms with van der Waals surface area (Å²) in [7, 11) is -1.50. The first-order valence-corrected chi connectivity index (χ1v) is 9.37. The summed E-state index contributed by atoms with van der Waals surface area (Å²) in [5, 5.41) is 11.0. The molecular formula is C14H24OSi. The molecule has 0 aromatic heterocycles. The van der Waals surface area contributed by atoms with Crippen molar-refractivity contribution in [1.82, 2.24) is 0 Å². The lowest BCUT2D eigenvalue weighted by Crippen LogP contribution is -2.47. The van der Waals surface area contributed by atoms with Gasteiger partial charge in [0.25, 0.3) is 0 Å². The van der Waals surface area contributed by atoms with Gasteiger partial charge in [0, 0.05) is 6.61 Å². The van der Waals surface area contributed by atoms with E-state index in [1.807, 2.05) is 0 Å². The highest BCUT2D eigenvalue weighted by molar-refractivity contribution is 6.91. The molecule has 0 saturated carbocycles. The van der Waals surface area contributed by atoms with Gasteiger partial charge in [-0.2, -0.15) is 0 Å². The maximum atomic E-state index is 9.58. The first-order valence-electron chi connectivity index (χ1n) is 6.29. The molecule has 0 fully saturated rings. The molecule has 2 heteroatoms. The van der Waals surface area contributed by atoms with E-state index in [4.69, 9.17) is 0 Å². The molecule has 0 saturated heterocycles. The number of rotatable bonds is 6. The monoisotopic (exact) mass is 236 g/mol. The maximum absolute atomic E-state index is 9.58. The molecule has 0 aliphatic heterocycles. The first kappa shape index (κ1) is 13.5. The fraction of sp³-hybridized carbons (Fsp3) is 0.571. The van der Waals surface area contributed by atoms with Crippen molar-refractivity contribution < 1.29 is 5.11 Å². The third-order valence-corrected chi connectivity index (χ3v) is 8.00. The SMILES string of the molecule is CCCC[C@@H](CO)[Si](C)(C)c1ccccc1. The molecule has 1 nitrogen and oxygen atoms in total. The number of aliphatic hydroxyl groups is 1. The molecule has 0 radical (unpaired) electrons. The molecule has 16 heavy (non-hydrogen) atoms. The van der Waals surface area contributed by atoms with Gasteiger partial charge in [-0.05, 0) is 5.54 Å². The average Bonchev–Trinajstić information content (AvgIpc) is 2.31. The lowest BCUT2D eigenvalue weighted by atomic mass is 10.2. The van der Waals surface area contributed by atoms with E-state index in [2.05, 4.69) is 50.3 Å². The number of aliphatic hydroxyl groups excluding tert-OH is 1. The van der Waals surface area contributed by atoms with Crippen LogP contribution in [0.25, 0.3) is 0 Å². The van der Waals surface area contributed by atoms with Crippen molar-refractivity contribution in [2.24, 2.45) is 0 Å². The van der Waals surface area contributed by atoms with Gasteiger partial charge in [0.05, 0.1) is 8.07 Å². The minimum absolute atomic E-state index is 0.341. The Morgan fingerprint density at radius 3 is 2.31 bits per heavy atom. The highest BCUT2D eigenvalue weighted by atomic mass is 28.3. The molecule has 1 aromatic rings.